The zero-order valence-electron chi connectivity index (χ0n) is 11.1. The lowest BCUT2D eigenvalue weighted by Crippen LogP contribution is -2.35. The highest BCUT2D eigenvalue weighted by molar-refractivity contribution is 7.91. The molecular formula is C12H14ClN3O4S. The van der Waals surface area contributed by atoms with Crippen LogP contribution in [0.3, 0.4) is 0 Å². The van der Waals surface area contributed by atoms with Crippen molar-refractivity contribution in [3.63, 3.8) is 0 Å². The summed E-state index contributed by atoms with van der Waals surface area (Å²) in [7, 11) is -4.15. The van der Waals surface area contributed by atoms with Gasteiger partial charge in [0.25, 0.3) is 0 Å². The molecule has 1 aromatic rings. The molecule has 0 bridgehead atoms. The number of halogens is 1. The molecule has 0 fully saturated rings. The number of nitrogens with one attached hydrogen (secondary N) is 2. The Balaban J connectivity index is 3.00. The number of benzene rings is 1. The Morgan fingerprint density at radius 3 is 2.81 bits per heavy atom. The average molecular weight is 332 g/mol. The molecule has 114 valence electrons. The number of hydrogen-bond acceptors (Lipinski definition) is 5. The van der Waals surface area contributed by atoms with Crippen LogP contribution in [0.2, 0.25) is 5.02 Å². The van der Waals surface area contributed by atoms with E-state index in [4.69, 9.17) is 17.3 Å². The first-order valence-electron chi connectivity index (χ1n) is 5.83. The largest absolute Gasteiger partial charge is 0.449 e. The zero-order chi connectivity index (χ0) is 15.9. The van der Waals surface area contributed by atoms with E-state index in [0.717, 1.165) is 0 Å². The third kappa shape index (κ3) is 5.91. The zero-order valence-corrected chi connectivity index (χ0v) is 12.7. The van der Waals surface area contributed by atoms with Crippen LogP contribution in [-0.2, 0) is 14.9 Å². The van der Waals surface area contributed by atoms with E-state index in [2.05, 4.69) is 21.3 Å². The van der Waals surface area contributed by atoms with Gasteiger partial charge >= 0.3 is 16.3 Å². The number of ether oxygens (including phenoxy) is 1. The van der Waals surface area contributed by atoms with E-state index in [1.165, 1.54) is 12.1 Å². The monoisotopic (exact) mass is 331 g/mol. The summed E-state index contributed by atoms with van der Waals surface area (Å²) in [5.41, 5.74) is 5.77. The smallest absolute Gasteiger partial charge is 0.422 e. The predicted octanol–water partition coefficient (Wildman–Crippen LogP) is 1.05. The number of nitrogens with two attached hydrogens (primary N) is 1. The van der Waals surface area contributed by atoms with E-state index in [0.29, 0.717) is 10.6 Å². The quantitative estimate of drug-likeness (QED) is 0.714. The van der Waals surface area contributed by atoms with Gasteiger partial charge in [-0.2, -0.15) is 8.42 Å². The van der Waals surface area contributed by atoms with Crippen LogP contribution in [0.15, 0.2) is 18.2 Å². The second kappa shape index (κ2) is 7.73. The van der Waals surface area contributed by atoms with E-state index in [9.17, 15) is 13.2 Å². The van der Waals surface area contributed by atoms with Gasteiger partial charge < -0.3 is 10.5 Å². The lowest BCUT2D eigenvalue weighted by molar-refractivity contribution is 0.159. The summed E-state index contributed by atoms with van der Waals surface area (Å²) in [5, 5.41) is 0.308. The van der Waals surface area contributed by atoms with Crippen molar-refractivity contribution >= 4 is 33.6 Å². The van der Waals surface area contributed by atoms with Crippen molar-refractivity contribution in [2.45, 2.75) is 6.92 Å². The number of carbonyl (C=O) groups is 1. The van der Waals surface area contributed by atoms with Crippen molar-refractivity contribution in [1.82, 2.24) is 4.72 Å². The molecule has 0 aliphatic rings. The number of carbonyl (C=O) groups excluding carboxylic acids is 1. The Labute approximate surface area is 128 Å². The molecule has 9 heteroatoms. The Bertz CT molecular complexity index is 679. The number of amides is 1. The maximum Gasteiger partial charge on any atom is 0.422 e. The fourth-order valence-electron chi connectivity index (χ4n) is 1.30. The first-order valence-corrected chi connectivity index (χ1v) is 7.70. The molecule has 0 heterocycles. The van der Waals surface area contributed by atoms with Crippen molar-refractivity contribution in [2.75, 3.05) is 17.9 Å². The average Bonchev–Trinajstić information content (AvgIpc) is 2.36. The van der Waals surface area contributed by atoms with Gasteiger partial charge in [0.15, 0.2) is 0 Å². The van der Waals surface area contributed by atoms with Crippen molar-refractivity contribution in [3.05, 3.63) is 28.8 Å². The van der Waals surface area contributed by atoms with Crippen molar-refractivity contribution in [2.24, 2.45) is 5.73 Å². The van der Waals surface area contributed by atoms with E-state index >= 15 is 0 Å². The van der Waals surface area contributed by atoms with Gasteiger partial charge in [-0.15, -0.1) is 0 Å². The Kier molecular flexibility index (Phi) is 6.30. The van der Waals surface area contributed by atoms with Gasteiger partial charge in [0.05, 0.1) is 18.8 Å². The second-order valence-corrected chi connectivity index (χ2v) is 5.48. The Hall–Kier alpha value is -1.95. The van der Waals surface area contributed by atoms with Gasteiger partial charge in [-0.3, -0.25) is 4.72 Å². The van der Waals surface area contributed by atoms with E-state index in [-0.39, 0.29) is 18.8 Å². The molecule has 0 aliphatic heterocycles. The molecule has 7 nitrogen and oxygen atoms in total. The second-order valence-electron chi connectivity index (χ2n) is 3.62. The molecule has 0 saturated heterocycles. The Morgan fingerprint density at radius 1 is 1.48 bits per heavy atom. The molecule has 0 unspecified atom stereocenters. The molecule has 0 aromatic heterocycles. The van der Waals surface area contributed by atoms with Crippen LogP contribution in [0.5, 0.6) is 0 Å². The standard InChI is InChI=1S/C12H14ClN3O4S/c1-2-20-12(17)16-21(18,19)15-11-8-10(13)6-5-9(11)4-3-7-14/h5-6,8,15H,2,7,14H2,1H3,(H,16,17). The van der Waals surface area contributed by atoms with Crippen LogP contribution >= 0.6 is 11.6 Å². The molecule has 21 heavy (non-hydrogen) atoms. The number of rotatable bonds is 4. The van der Waals surface area contributed by atoms with Gasteiger partial charge in [0.2, 0.25) is 0 Å². The molecule has 0 atom stereocenters. The van der Waals surface area contributed by atoms with Gasteiger partial charge in [0.1, 0.15) is 0 Å². The minimum Gasteiger partial charge on any atom is -0.449 e. The van der Waals surface area contributed by atoms with Gasteiger partial charge in [-0.1, -0.05) is 23.4 Å². The summed E-state index contributed by atoms with van der Waals surface area (Å²) in [5.74, 6) is 5.30. The van der Waals surface area contributed by atoms with Crippen molar-refractivity contribution in [3.8, 4) is 11.8 Å². The fraction of sp³-hybridized carbons (Fsp3) is 0.250. The highest BCUT2D eigenvalue weighted by Gasteiger charge is 2.16. The Morgan fingerprint density at radius 2 is 2.19 bits per heavy atom. The van der Waals surface area contributed by atoms with Gasteiger partial charge in [-0.05, 0) is 25.1 Å². The lowest BCUT2D eigenvalue weighted by Gasteiger charge is -2.11. The molecule has 1 aromatic carbocycles. The predicted molar refractivity (Wildman–Crippen MR) is 80.1 cm³/mol. The van der Waals surface area contributed by atoms with Crippen LogP contribution < -0.4 is 15.2 Å². The number of anilines is 1. The summed E-state index contributed by atoms with van der Waals surface area (Å²) in [6, 6.07) is 4.46. The highest BCUT2D eigenvalue weighted by Crippen LogP contribution is 2.21. The van der Waals surface area contributed by atoms with Crippen molar-refractivity contribution in [1.29, 1.82) is 0 Å². The van der Waals surface area contributed by atoms with E-state index < -0.39 is 16.3 Å². The van der Waals surface area contributed by atoms with Gasteiger partial charge in [-0.25, -0.2) is 9.52 Å². The molecule has 0 spiro atoms. The molecule has 0 saturated carbocycles. The summed E-state index contributed by atoms with van der Waals surface area (Å²) >= 11 is 5.82. The SMILES string of the molecule is CCOC(=O)NS(=O)(=O)Nc1cc(Cl)ccc1C#CCN. The highest BCUT2D eigenvalue weighted by atomic mass is 35.5. The first kappa shape index (κ1) is 17.1. The fourth-order valence-corrected chi connectivity index (χ4v) is 2.26. The van der Waals surface area contributed by atoms with Crippen LogP contribution in [0, 0.1) is 11.8 Å². The summed E-state index contributed by atoms with van der Waals surface area (Å²) < 4.78 is 31.9. The topological polar surface area (TPSA) is 111 Å². The minimum absolute atomic E-state index is 0.0474. The van der Waals surface area contributed by atoms with Crippen LogP contribution in [0.25, 0.3) is 0 Å². The normalized spacial score (nSPS) is 10.2. The van der Waals surface area contributed by atoms with Crippen LogP contribution in [0.1, 0.15) is 12.5 Å². The van der Waals surface area contributed by atoms with Crippen molar-refractivity contribution < 1.29 is 17.9 Å². The maximum absolute atomic E-state index is 11.8. The number of hydrogen-bond donors (Lipinski definition) is 3. The molecule has 4 N–H and O–H groups in total. The van der Waals surface area contributed by atoms with Crippen LogP contribution in [-0.4, -0.2) is 27.7 Å². The molecule has 0 aliphatic carbocycles. The maximum atomic E-state index is 11.8. The first-order chi connectivity index (χ1) is 9.88. The molecule has 1 rings (SSSR count). The third-order valence-corrected chi connectivity index (χ3v) is 3.20. The molecular weight excluding hydrogens is 318 g/mol. The molecule has 1 amide bonds. The third-order valence-electron chi connectivity index (χ3n) is 2.04. The van der Waals surface area contributed by atoms with E-state index in [1.54, 1.807) is 17.7 Å². The summed E-state index contributed by atoms with van der Waals surface area (Å²) in [6.45, 7) is 1.72. The summed E-state index contributed by atoms with van der Waals surface area (Å²) in [4.78, 5) is 11.1. The van der Waals surface area contributed by atoms with E-state index in [1.807, 2.05) is 0 Å². The van der Waals surface area contributed by atoms with Gasteiger partial charge in [0, 0.05) is 10.6 Å². The lowest BCUT2D eigenvalue weighted by atomic mass is 10.2. The summed E-state index contributed by atoms with van der Waals surface area (Å²) in [6.07, 6.45) is -1.08. The minimum atomic E-state index is -4.15. The molecule has 0 radical (unpaired) electrons. The van der Waals surface area contributed by atoms with Crippen LogP contribution in [0.4, 0.5) is 10.5 Å².